The number of nitrogens with one attached hydrogen (secondary N) is 1. The molecule has 0 unspecified atom stereocenters. The summed E-state index contributed by atoms with van der Waals surface area (Å²) in [4.78, 5) is 17.2. The highest BCUT2D eigenvalue weighted by molar-refractivity contribution is 6.30. The van der Waals surface area contributed by atoms with Crippen LogP contribution in [-0.4, -0.2) is 41.1 Å². The lowest BCUT2D eigenvalue weighted by Crippen LogP contribution is -2.47. The van der Waals surface area contributed by atoms with Crippen molar-refractivity contribution in [2.75, 3.05) is 47.0 Å². The second-order valence-corrected chi connectivity index (χ2v) is 6.71. The number of pyridine rings is 1. The van der Waals surface area contributed by atoms with Crippen molar-refractivity contribution in [2.45, 2.75) is 0 Å². The number of rotatable bonds is 4. The summed E-state index contributed by atoms with van der Waals surface area (Å²) in [6.07, 6.45) is 4.98. The molecule has 3 N–H and O–H groups in total. The van der Waals surface area contributed by atoms with Crippen molar-refractivity contribution in [3.63, 3.8) is 0 Å². The first kappa shape index (κ1) is 17.4. The fourth-order valence-electron chi connectivity index (χ4n) is 3.16. The molecule has 2 aromatic heterocycles. The van der Waals surface area contributed by atoms with Gasteiger partial charge in [-0.25, -0.2) is 9.97 Å². The molecule has 138 valence electrons. The van der Waals surface area contributed by atoms with Crippen LogP contribution in [0.3, 0.4) is 0 Å². The molecule has 0 spiro atoms. The number of nitrogens with two attached hydrogens (primary N) is 1. The zero-order chi connectivity index (χ0) is 18.6. The molecular weight excluding hydrogens is 362 g/mol. The normalized spacial score (nSPS) is 14.3. The molecule has 7 nitrogen and oxygen atoms in total. The summed E-state index contributed by atoms with van der Waals surface area (Å²) < 4.78 is 0. The van der Waals surface area contributed by atoms with E-state index >= 15 is 0 Å². The van der Waals surface area contributed by atoms with Gasteiger partial charge < -0.3 is 20.9 Å². The molecule has 1 aliphatic rings. The molecular formula is C19H20ClN7. The van der Waals surface area contributed by atoms with Gasteiger partial charge in [0.2, 0.25) is 0 Å². The zero-order valence-electron chi connectivity index (χ0n) is 14.7. The van der Waals surface area contributed by atoms with Crippen molar-refractivity contribution in [3.05, 3.63) is 60.1 Å². The molecule has 1 aromatic carbocycles. The van der Waals surface area contributed by atoms with Crippen molar-refractivity contribution in [2.24, 2.45) is 0 Å². The zero-order valence-corrected chi connectivity index (χ0v) is 15.5. The average Bonchev–Trinajstić information content (AvgIpc) is 2.71. The molecule has 0 bridgehead atoms. The van der Waals surface area contributed by atoms with E-state index in [1.807, 2.05) is 30.3 Å². The summed E-state index contributed by atoms with van der Waals surface area (Å²) in [7, 11) is 0. The van der Waals surface area contributed by atoms with Gasteiger partial charge in [0.25, 0.3) is 0 Å². The van der Waals surface area contributed by atoms with E-state index in [0.29, 0.717) is 11.5 Å². The fourth-order valence-corrected chi connectivity index (χ4v) is 3.34. The van der Waals surface area contributed by atoms with E-state index in [9.17, 15) is 0 Å². The third kappa shape index (κ3) is 3.88. The maximum atomic E-state index is 6.35. The molecule has 1 fully saturated rings. The van der Waals surface area contributed by atoms with Crippen LogP contribution in [0.25, 0.3) is 0 Å². The molecule has 1 saturated heterocycles. The van der Waals surface area contributed by atoms with Crippen LogP contribution in [0.15, 0.2) is 55.1 Å². The first-order chi connectivity index (χ1) is 13.2. The van der Waals surface area contributed by atoms with E-state index in [4.69, 9.17) is 17.3 Å². The van der Waals surface area contributed by atoms with Gasteiger partial charge in [-0.05, 0) is 30.3 Å². The monoisotopic (exact) mass is 381 g/mol. The molecule has 0 aliphatic carbocycles. The predicted molar refractivity (Wildman–Crippen MR) is 110 cm³/mol. The van der Waals surface area contributed by atoms with Gasteiger partial charge in [-0.3, -0.25) is 4.98 Å². The Balaban J connectivity index is 1.47. The van der Waals surface area contributed by atoms with Gasteiger partial charge >= 0.3 is 0 Å². The summed E-state index contributed by atoms with van der Waals surface area (Å²) in [5.41, 5.74) is 8.92. The van der Waals surface area contributed by atoms with Gasteiger partial charge in [0, 0.05) is 55.0 Å². The number of halogens is 1. The van der Waals surface area contributed by atoms with Crippen molar-refractivity contribution in [1.29, 1.82) is 0 Å². The number of piperazine rings is 1. The summed E-state index contributed by atoms with van der Waals surface area (Å²) in [6, 6.07) is 11.7. The Morgan fingerprint density at radius 3 is 2.44 bits per heavy atom. The summed E-state index contributed by atoms with van der Waals surface area (Å²) in [5, 5.41) is 3.98. The lowest BCUT2D eigenvalue weighted by Gasteiger charge is -2.37. The quantitative estimate of drug-likeness (QED) is 0.718. The van der Waals surface area contributed by atoms with Crippen LogP contribution in [0.4, 0.5) is 28.7 Å². The molecule has 4 rings (SSSR count). The first-order valence-corrected chi connectivity index (χ1v) is 9.11. The molecule has 27 heavy (non-hydrogen) atoms. The van der Waals surface area contributed by atoms with E-state index in [1.54, 1.807) is 18.7 Å². The van der Waals surface area contributed by atoms with Gasteiger partial charge in [0.15, 0.2) is 11.6 Å². The maximum Gasteiger partial charge on any atom is 0.159 e. The molecule has 3 heterocycles. The molecule has 0 amide bonds. The lowest BCUT2D eigenvalue weighted by atomic mass is 10.2. The Morgan fingerprint density at radius 1 is 0.963 bits per heavy atom. The largest absolute Gasteiger partial charge is 0.393 e. The van der Waals surface area contributed by atoms with Crippen LogP contribution in [0.2, 0.25) is 5.02 Å². The van der Waals surface area contributed by atoms with Crippen LogP contribution in [0.5, 0.6) is 0 Å². The molecule has 8 heteroatoms. The SMILES string of the molecule is Nc1c(Nc2ccncc2)ncnc1N1CCN(c2cccc(Cl)c2)CC1. The van der Waals surface area contributed by atoms with Gasteiger partial charge in [-0.2, -0.15) is 0 Å². The Hall–Kier alpha value is -3.06. The standard InChI is InChI=1S/C19H20ClN7/c20-14-2-1-3-16(12-14)26-8-10-27(11-9-26)19-17(21)18(23-13-24-19)25-15-4-6-22-7-5-15/h1-7,12-13H,8-11,21H2,(H,22,23,24,25). The third-order valence-corrected chi connectivity index (χ3v) is 4.79. The van der Waals surface area contributed by atoms with Crippen LogP contribution in [0.1, 0.15) is 0 Å². The Kier molecular flexibility index (Phi) is 4.93. The topological polar surface area (TPSA) is 83.2 Å². The van der Waals surface area contributed by atoms with Crippen LogP contribution >= 0.6 is 11.6 Å². The van der Waals surface area contributed by atoms with Crippen molar-refractivity contribution >= 4 is 40.3 Å². The Bertz CT molecular complexity index is 911. The minimum absolute atomic E-state index is 0.547. The molecule has 0 saturated carbocycles. The van der Waals surface area contributed by atoms with Crippen LogP contribution in [-0.2, 0) is 0 Å². The van der Waals surface area contributed by atoms with Gasteiger partial charge in [-0.1, -0.05) is 17.7 Å². The summed E-state index contributed by atoms with van der Waals surface area (Å²) in [5.74, 6) is 1.36. The number of aromatic nitrogens is 3. The number of hydrogen-bond donors (Lipinski definition) is 2. The first-order valence-electron chi connectivity index (χ1n) is 8.74. The van der Waals surface area contributed by atoms with Gasteiger partial charge in [0.1, 0.15) is 12.0 Å². The highest BCUT2D eigenvalue weighted by Gasteiger charge is 2.21. The number of anilines is 5. The highest BCUT2D eigenvalue weighted by atomic mass is 35.5. The molecule has 1 aliphatic heterocycles. The van der Waals surface area contributed by atoms with Crippen molar-refractivity contribution < 1.29 is 0 Å². The Labute approximate surface area is 162 Å². The minimum Gasteiger partial charge on any atom is -0.393 e. The second kappa shape index (κ2) is 7.67. The van der Waals surface area contributed by atoms with Crippen molar-refractivity contribution in [3.8, 4) is 0 Å². The second-order valence-electron chi connectivity index (χ2n) is 6.27. The van der Waals surface area contributed by atoms with E-state index < -0.39 is 0 Å². The predicted octanol–water partition coefficient (Wildman–Crippen LogP) is 3.18. The van der Waals surface area contributed by atoms with Gasteiger partial charge in [-0.15, -0.1) is 0 Å². The number of benzene rings is 1. The summed E-state index contributed by atoms with van der Waals surface area (Å²) >= 11 is 6.11. The molecule has 0 radical (unpaired) electrons. The van der Waals surface area contributed by atoms with E-state index in [0.717, 1.165) is 48.4 Å². The van der Waals surface area contributed by atoms with Crippen LogP contribution in [0, 0.1) is 0 Å². The number of nitrogens with zero attached hydrogens (tertiary/aromatic N) is 5. The highest BCUT2D eigenvalue weighted by Crippen LogP contribution is 2.29. The number of nitrogen functional groups attached to an aromatic ring is 1. The average molecular weight is 382 g/mol. The minimum atomic E-state index is 0.547. The van der Waals surface area contributed by atoms with Crippen molar-refractivity contribution in [1.82, 2.24) is 15.0 Å². The maximum absolute atomic E-state index is 6.35. The number of hydrogen-bond acceptors (Lipinski definition) is 7. The fraction of sp³-hybridized carbons (Fsp3) is 0.211. The lowest BCUT2D eigenvalue weighted by molar-refractivity contribution is 0.647. The van der Waals surface area contributed by atoms with Crippen LogP contribution < -0.4 is 20.9 Å². The van der Waals surface area contributed by atoms with E-state index in [2.05, 4.69) is 36.1 Å². The molecule has 3 aromatic rings. The Morgan fingerprint density at radius 2 is 1.70 bits per heavy atom. The molecule has 0 atom stereocenters. The smallest absolute Gasteiger partial charge is 0.159 e. The third-order valence-electron chi connectivity index (χ3n) is 4.56. The van der Waals surface area contributed by atoms with Gasteiger partial charge in [0.05, 0.1) is 0 Å². The summed E-state index contributed by atoms with van der Waals surface area (Å²) in [6.45, 7) is 3.39. The van der Waals surface area contributed by atoms with E-state index in [-0.39, 0.29) is 0 Å². The van der Waals surface area contributed by atoms with E-state index in [1.165, 1.54) is 0 Å².